The van der Waals surface area contributed by atoms with Gasteiger partial charge in [-0.3, -0.25) is 9.78 Å². The molecule has 0 radical (unpaired) electrons. The number of ether oxygens (including phenoxy) is 1. The van der Waals surface area contributed by atoms with E-state index >= 15 is 0 Å². The third kappa shape index (κ3) is 5.82. The molecule has 2 rings (SSSR count). The average molecular weight is 469 g/mol. The molecule has 0 saturated heterocycles. The van der Waals surface area contributed by atoms with Crippen molar-refractivity contribution in [2.45, 2.75) is 45.8 Å². The SMILES string of the molecule is CCON=CC(C)(C)NC(=O)C(CC)Oc1ccc2ncc(I)cc2c1. The van der Waals surface area contributed by atoms with Crippen molar-refractivity contribution >= 4 is 45.6 Å². The Morgan fingerprint density at radius 2 is 2.15 bits per heavy atom. The highest BCUT2D eigenvalue weighted by Crippen LogP contribution is 2.22. The number of oxime groups is 1. The lowest BCUT2D eigenvalue weighted by Gasteiger charge is -2.25. The van der Waals surface area contributed by atoms with Gasteiger partial charge < -0.3 is 14.9 Å². The third-order valence-corrected chi connectivity index (χ3v) is 4.18. The molecule has 2 aromatic rings. The summed E-state index contributed by atoms with van der Waals surface area (Å²) >= 11 is 2.22. The van der Waals surface area contributed by atoms with Crippen molar-refractivity contribution in [1.29, 1.82) is 0 Å². The monoisotopic (exact) mass is 469 g/mol. The molecule has 1 amide bonds. The van der Waals surface area contributed by atoms with E-state index in [9.17, 15) is 4.79 Å². The van der Waals surface area contributed by atoms with Crippen molar-refractivity contribution in [3.8, 4) is 5.75 Å². The second-order valence-corrected chi connectivity index (χ2v) is 7.63. The molecule has 1 N–H and O–H groups in total. The van der Waals surface area contributed by atoms with Gasteiger partial charge in [0.2, 0.25) is 0 Å². The highest BCUT2D eigenvalue weighted by molar-refractivity contribution is 14.1. The number of hydrogen-bond donors (Lipinski definition) is 1. The molecule has 1 atom stereocenters. The molecular formula is C19H24IN3O3. The van der Waals surface area contributed by atoms with Gasteiger partial charge in [0.25, 0.3) is 5.91 Å². The van der Waals surface area contributed by atoms with E-state index in [1.807, 2.05) is 58.2 Å². The molecule has 26 heavy (non-hydrogen) atoms. The number of benzene rings is 1. The number of amides is 1. The Labute approximate surface area is 167 Å². The molecule has 1 aromatic heterocycles. The largest absolute Gasteiger partial charge is 0.481 e. The summed E-state index contributed by atoms with van der Waals surface area (Å²) in [4.78, 5) is 21.9. The van der Waals surface area contributed by atoms with Gasteiger partial charge in [-0.1, -0.05) is 12.1 Å². The summed E-state index contributed by atoms with van der Waals surface area (Å²) in [5, 5.41) is 7.74. The van der Waals surface area contributed by atoms with Crippen LogP contribution in [-0.2, 0) is 9.63 Å². The van der Waals surface area contributed by atoms with Gasteiger partial charge in [0.15, 0.2) is 6.10 Å². The zero-order valence-electron chi connectivity index (χ0n) is 15.5. The fourth-order valence-electron chi connectivity index (χ4n) is 2.32. The van der Waals surface area contributed by atoms with Crippen molar-refractivity contribution in [3.63, 3.8) is 0 Å². The number of carbonyl (C=O) groups excluding carboxylic acids is 1. The predicted octanol–water partition coefficient (Wildman–Crippen LogP) is 3.91. The molecule has 1 aromatic carbocycles. The Balaban J connectivity index is 2.09. The highest BCUT2D eigenvalue weighted by Gasteiger charge is 2.25. The van der Waals surface area contributed by atoms with E-state index in [1.54, 1.807) is 6.21 Å². The van der Waals surface area contributed by atoms with Crippen LogP contribution in [0.15, 0.2) is 35.6 Å². The Kier molecular flexibility index (Phi) is 7.19. The van der Waals surface area contributed by atoms with Crippen LogP contribution in [0.3, 0.4) is 0 Å². The number of rotatable bonds is 8. The lowest BCUT2D eigenvalue weighted by molar-refractivity contribution is -0.129. The van der Waals surface area contributed by atoms with Gasteiger partial charge in [0.05, 0.1) is 17.3 Å². The lowest BCUT2D eigenvalue weighted by Crippen LogP contribution is -2.50. The minimum Gasteiger partial charge on any atom is -0.481 e. The minimum atomic E-state index is -0.632. The molecule has 0 aliphatic rings. The molecule has 0 fully saturated rings. The summed E-state index contributed by atoms with van der Waals surface area (Å²) in [6.07, 6.45) is 3.35. The van der Waals surface area contributed by atoms with E-state index in [1.165, 1.54) is 0 Å². The summed E-state index contributed by atoms with van der Waals surface area (Å²) in [5.41, 5.74) is 0.260. The fourth-order valence-corrected chi connectivity index (χ4v) is 2.79. The summed E-state index contributed by atoms with van der Waals surface area (Å²) < 4.78 is 6.98. The van der Waals surface area contributed by atoms with E-state index in [0.29, 0.717) is 18.8 Å². The van der Waals surface area contributed by atoms with Crippen LogP contribution >= 0.6 is 22.6 Å². The van der Waals surface area contributed by atoms with E-state index in [4.69, 9.17) is 9.57 Å². The van der Waals surface area contributed by atoms with Crippen molar-refractivity contribution < 1.29 is 14.4 Å². The van der Waals surface area contributed by atoms with Crippen LogP contribution in [0.1, 0.15) is 34.1 Å². The second kappa shape index (κ2) is 9.16. The topological polar surface area (TPSA) is 72.8 Å². The van der Waals surface area contributed by atoms with Gasteiger partial charge in [0.1, 0.15) is 12.4 Å². The second-order valence-electron chi connectivity index (χ2n) is 6.39. The first-order chi connectivity index (χ1) is 12.3. The normalized spacial score (nSPS) is 13.0. The van der Waals surface area contributed by atoms with Gasteiger partial charge in [0, 0.05) is 15.2 Å². The summed E-state index contributed by atoms with van der Waals surface area (Å²) in [7, 11) is 0. The van der Waals surface area contributed by atoms with E-state index in [-0.39, 0.29) is 5.91 Å². The fraction of sp³-hybridized carbons (Fsp3) is 0.421. The Morgan fingerprint density at radius 1 is 1.38 bits per heavy atom. The minimum absolute atomic E-state index is 0.193. The quantitative estimate of drug-likeness (QED) is 0.362. The van der Waals surface area contributed by atoms with E-state index in [2.05, 4.69) is 38.0 Å². The first-order valence-electron chi connectivity index (χ1n) is 8.55. The van der Waals surface area contributed by atoms with E-state index < -0.39 is 11.6 Å². The van der Waals surface area contributed by atoms with Crippen molar-refractivity contribution in [2.24, 2.45) is 5.16 Å². The van der Waals surface area contributed by atoms with Crippen molar-refractivity contribution in [3.05, 3.63) is 34.0 Å². The molecule has 0 aliphatic carbocycles. The molecule has 0 bridgehead atoms. The average Bonchev–Trinajstić information content (AvgIpc) is 2.58. The zero-order chi connectivity index (χ0) is 19.2. The Hall–Kier alpha value is -1.90. The number of nitrogens with one attached hydrogen (secondary N) is 1. The smallest absolute Gasteiger partial charge is 0.261 e. The molecule has 1 unspecified atom stereocenters. The maximum absolute atomic E-state index is 12.6. The van der Waals surface area contributed by atoms with Crippen LogP contribution < -0.4 is 10.1 Å². The number of nitrogens with zero attached hydrogens (tertiary/aromatic N) is 2. The number of fused-ring (bicyclic) bond motifs is 1. The summed E-state index contributed by atoms with van der Waals surface area (Å²) in [6, 6.07) is 7.66. The zero-order valence-corrected chi connectivity index (χ0v) is 17.6. The van der Waals surface area contributed by atoms with Gasteiger partial charge >= 0.3 is 0 Å². The molecule has 6 nitrogen and oxygen atoms in total. The van der Waals surface area contributed by atoms with Crippen LogP contribution in [0.5, 0.6) is 5.75 Å². The van der Waals surface area contributed by atoms with Gasteiger partial charge in [-0.05, 0) is 74.0 Å². The lowest BCUT2D eigenvalue weighted by atomic mass is 10.1. The van der Waals surface area contributed by atoms with E-state index in [0.717, 1.165) is 14.5 Å². The summed E-state index contributed by atoms with van der Waals surface area (Å²) in [5.74, 6) is 0.449. The molecule has 140 valence electrons. The first-order valence-corrected chi connectivity index (χ1v) is 9.63. The third-order valence-electron chi connectivity index (χ3n) is 3.59. The van der Waals surface area contributed by atoms with Crippen LogP contribution in [-0.4, -0.2) is 35.4 Å². The Morgan fingerprint density at radius 3 is 2.85 bits per heavy atom. The maximum Gasteiger partial charge on any atom is 0.261 e. The molecule has 7 heteroatoms. The molecule has 0 spiro atoms. The molecule has 0 aliphatic heterocycles. The number of carbonyl (C=O) groups is 1. The molecule has 1 heterocycles. The number of aromatic nitrogens is 1. The van der Waals surface area contributed by atoms with Gasteiger partial charge in [-0.2, -0.15) is 0 Å². The standard InChI is InChI=1S/C19H24IN3O3/c1-5-17(18(24)23-19(3,4)12-22-25-6-2)26-15-7-8-16-13(10-15)9-14(20)11-21-16/h7-12,17H,5-6H2,1-4H3,(H,23,24). The Bertz CT molecular complexity index is 793. The number of pyridine rings is 1. The highest BCUT2D eigenvalue weighted by atomic mass is 127. The number of hydrogen-bond acceptors (Lipinski definition) is 5. The van der Waals surface area contributed by atoms with Crippen LogP contribution in [0.25, 0.3) is 10.9 Å². The van der Waals surface area contributed by atoms with Crippen LogP contribution in [0.4, 0.5) is 0 Å². The maximum atomic E-state index is 12.6. The van der Waals surface area contributed by atoms with Gasteiger partial charge in [-0.25, -0.2) is 0 Å². The van der Waals surface area contributed by atoms with Gasteiger partial charge in [-0.15, -0.1) is 0 Å². The predicted molar refractivity (Wildman–Crippen MR) is 112 cm³/mol. The first kappa shape index (κ1) is 20.4. The van der Waals surface area contributed by atoms with Crippen molar-refractivity contribution in [2.75, 3.05) is 6.61 Å². The van der Waals surface area contributed by atoms with Crippen LogP contribution in [0, 0.1) is 3.57 Å². The summed E-state index contributed by atoms with van der Waals surface area (Å²) in [6.45, 7) is 7.95. The molecular weight excluding hydrogens is 445 g/mol. The molecule has 0 saturated carbocycles. The van der Waals surface area contributed by atoms with Crippen LogP contribution in [0.2, 0.25) is 0 Å². The number of halogens is 1. The van der Waals surface area contributed by atoms with Crippen molar-refractivity contribution in [1.82, 2.24) is 10.3 Å².